The van der Waals surface area contributed by atoms with Crippen LogP contribution in [0.1, 0.15) is 5.56 Å². The van der Waals surface area contributed by atoms with Crippen molar-refractivity contribution in [3.05, 3.63) is 22.4 Å². The van der Waals surface area contributed by atoms with Crippen LogP contribution in [0.3, 0.4) is 0 Å². The second kappa shape index (κ2) is 2.71. The molecular weight excluding hydrogens is 136 g/mol. The summed E-state index contributed by atoms with van der Waals surface area (Å²) < 4.78 is 0. The fourth-order valence-corrected chi connectivity index (χ4v) is 1.10. The van der Waals surface area contributed by atoms with Gasteiger partial charge in [0.25, 0.3) is 0 Å². The van der Waals surface area contributed by atoms with E-state index in [1.54, 1.807) is 11.3 Å². The van der Waals surface area contributed by atoms with E-state index in [1.165, 1.54) is 0 Å². The molecule has 8 heavy (non-hydrogen) atoms. The van der Waals surface area contributed by atoms with Crippen LogP contribution in [-0.4, -0.2) is 0 Å². The molecule has 0 amide bonds. The highest BCUT2D eigenvalue weighted by Crippen LogP contribution is 2.02. The minimum Gasteiger partial charge on any atom is -0.724 e. The van der Waals surface area contributed by atoms with Crippen LogP contribution in [0.15, 0.2) is 16.8 Å². The smallest absolute Gasteiger partial charge is 0.0334 e. The van der Waals surface area contributed by atoms with Crippen molar-refractivity contribution in [2.75, 3.05) is 0 Å². The van der Waals surface area contributed by atoms with Gasteiger partial charge in [0.05, 0.1) is 0 Å². The number of thiophene rings is 1. The van der Waals surface area contributed by atoms with Gasteiger partial charge < -0.3 is 12.6 Å². The van der Waals surface area contributed by atoms with Gasteiger partial charge in [-0.15, -0.1) is 0 Å². The molecule has 0 nitrogen and oxygen atoms in total. The fraction of sp³-hybridized carbons (Fsp3) is 0. The van der Waals surface area contributed by atoms with Crippen molar-refractivity contribution in [3.8, 4) is 11.2 Å². The zero-order valence-corrected chi connectivity index (χ0v) is 5.68. The van der Waals surface area contributed by atoms with Crippen LogP contribution >= 0.6 is 11.3 Å². The quantitative estimate of drug-likeness (QED) is 0.388. The van der Waals surface area contributed by atoms with E-state index in [1.807, 2.05) is 16.8 Å². The first-order chi connectivity index (χ1) is 3.93. The Labute approximate surface area is 58.0 Å². The first kappa shape index (κ1) is 5.61. The highest BCUT2D eigenvalue weighted by molar-refractivity contribution is 7.64. The summed E-state index contributed by atoms with van der Waals surface area (Å²) in [7, 11) is 0. The maximum Gasteiger partial charge on any atom is 0.0334 e. The van der Waals surface area contributed by atoms with Crippen molar-refractivity contribution < 1.29 is 0 Å². The molecule has 0 saturated carbocycles. The number of hydrogen-bond acceptors (Lipinski definition) is 2. The Morgan fingerprint density at radius 3 is 3.00 bits per heavy atom. The average molecular weight is 139 g/mol. The first-order valence-electron chi connectivity index (χ1n) is 2.09. The van der Waals surface area contributed by atoms with Crippen molar-refractivity contribution in [1.82, 2.24) is 0 Å². The Hall–Kier alpha value is -0.520. The molecule has 40 valence electrons. The summed E-state index contributed by atoms with van der Waals surface area (Å²) in [5, 5.41) is 6.36. The molecule has 0 aliphatic rings. The van der Waals surface area contributed by atoms with Gasteiger partial charge in [0.1, 0.15) is 0 Å². The van der Waals surface area contributed by atoms with E-state index in [2.05, 4.69) is 23.8 Å². The minimum absolute atomic E-state index is 1.02. The Morgan fingerprint density at radius 2 is 2.50 bits per heavy atom. The van der Waals surface area contributed by atoms with Crippen LogP contribution in [-0.2, 0) is 12.6 Å². The fourth-order valence-electron chi connectivity index (χ4n) is 0.395. The predicted octanol–water partition coefficient (Wildman–Crippen LogP) is 1.60. The summed E-state index contributed by atoms with van der Waals surface area (Å²) >= 11 is 6.07. The molecule has 0 spiro atoms. The van der Waals surface area contributed by atoms with Crippen molar-refractivity contribution in [2.24, 2.45) is 0 Å². The van der Waals surface area contributed by atoms with Gasteiger partial charge in [-0.25, -0.2) is 5.25 Å². The third kappa shape index (κ3) is 1.22. The van der Waals surface area contributed by atoms with E-state index < -0.39 is 0 Å². The van der Waals surface area contributed by atoms with Gasteiger partial charge in [0.15, 0.2) is 0 Å². The molecule has 0 aliphatic carbocycles. The van der Waals surface area contributed by atoms with E-state index in [0.29, 0.717) is 0 Å². The highest BCUT2D eigenvalue weighted by Gasteiger charge is 1.79. The lowest BCUT2D eigenvalue weighted by Gasteiger charge is -1.77. The van der Waals surface area contributed by atoms with Gasteiger partial charge in [-0.3, -0.25) is 0 Å². The Balaban J connectivity index is 2.88. The van der Waals surface area contributed by atoms with E-state index in [-0.39, 0.29) is 0 Å². The summed E-state index contributed by atoms with van der Waals surface area (Å²) in [5.74, 6) is 2.76. The number of hydrogen-bond donors (Lipinski definition) is 0. The summed E-state index contributed by atoms with van der Waals surface area (Å²) in [6.45, 7) is 0. The molecule has 0 unspecified atom stereocenters. The van der Waals surface area contributed by atoms with Crippen LogP contribution in [0, 0.1) is 11.2 Å². The van der Waals surface area contributed by atoms with E-state index in [4.69, 9.17) is 0 Å². The van der Waals surface area contributed by atoms with Gasteiger partial charge in [-0.1, -0.05) is 5.92 Å². The molecule has 0 radical (unpaired) electrons. The molecule has 1 aromatic heterocycles. The lowest BCUT2D eigenvalue weighted by molar-refractivity contribution is 1.87. The van der Waals surface area contributed by atoms with Gasteiger partial charge in [-0.05, 0) is 11.4 Å². The molecule has 0 aromatic carbocycles. The molecule has 1 heterocycles. The predicted molar refractivity (Wildman–Crippen MR) is 38.6 cm³/mol. The molecule has 0 N–H and O–H groups in total. The lowest BCUT2D eigenvalue weighted by atomic mass is 10.4. The van der Waals surface area contributed by atoms with Gasteiger partial charge in [0, 0.05) is 10.9 Å². The summed E-state index contributed by atoms with van der Waals surface area (Å²) in [5.41, 5.74) is 1.02. The summed E-state index contributed by atoms with van der Waals surface area (Å²) in [4.78, 5) is 0. The zero-order valence-electron chi connectivity index (χ0n) is 4.05. The first-order valence-corrected chi connectivity index (χ1v) is 3.44. The van der Waals surface area contributed by atoms with Crippen LogP contribution in [0.2, 0.25) is 0 Å². The van der Waals surface area contributed by atoms with Crippen LogP contribution in [0.4, 0.5) is 0 Å². The lowest BCUT2D eigenvalue weighted by Crippen LogP contribution is -1.58. The average Bonchev–Trinajstić information content (AvgIpc) is 2.19. The summed E-state index contributed by atoms with van der Waals surface area (Å²) in [6.07, 6.45) is 0. The largest absolute Gasteiger partial charge is 0.724 e. The molecule has 0 fully saturated rings. The second-order valence-electron chi connectivity index (χ2n) is 1.24. The van der Waals surface area contributed by atoms with Gasteiger partial charge >= 0.3 is 0 Å². The summed E-state index contributed by atoms with van der Waals surface area (Å²) in [6, 6.07) is 1.95. The molecule has 2 heteroatoms. The maximum atomic E-state index is 4.44. The third-order valence-corrected chi connectivity index (χ3v) is 1.50. The van der Waals surface area contributed by atoms with Crippen LogP contribution in [0.5, 0.6) is 0 Å². The van der Waals surface area contributed by atoms with E-state index >= 15 is 0 Å². The maximum absolute atomic E-state index is 4.44. The topological polar surface area (TPSA) is 0 Å². The molecular formula is C6H3S2-. The van der Waals surface area contributed by atoms with Crippen molar-refractivity contribution in [2.45, 2.75) is 0 Å². The Morgan fingerprint density at radius 1 is 1.62 bits per heavy atom. The molecule has 0 atom stereocenters. The molecule has 1 rings (SSSR count). The molecule has 0 saturated heterocycles. The molecule has 0 bridgehead atoms. The minimum atomic E-state index is 1.02. The SMILES string of the molecule is [S-]C#Cc1ccsc1. The second-order valence-corrected chi connectivity index (χ2v) is 2.22. The van der Waals surface area contributed by atoms with Crippen molar-refractivity contribution in [3.63, 3.8) is 0 Å². The number of rotatable bonds is 0. The Kier molecular flexibility index (Phi) is 1.90. The third-order valence-electron chi connectivity index (χ3n) is 0.717. The standard InChI is InChI=1S/C6H4S2/c7-3-1-6-2-4-8-5-6/h2,4-5,7H/p-1. The monoisotopic (exact) mass is 139 g/mol. The van der Waals surface area contributed by atoms with E-state index in [0.717, 1.165) is 5.56 Å². The highest BCUT2D eigenvalue weighted by atomic mass is 32.1. The van der Waals surface area contributed by atoms with Crippen LogP contribution < -0.4 is 0 Å². The van der Waals surface area contributed by atoms with Crippen molar-refractivity contribution >= 4 is 24.0 Å². The normalized spacial score (nSPS) is 7.50. The van der Waals surface area contributed by atoms with Gasteiger partial charge in [-0.2, -0.15) is 11.3 Å². The van der Waals surface area contributed by atoms with Crippen molar-refractivity contribution in [1.29, 1.82) is 0 Å². The van der Waals surface area contributed by atoms with E-state index in [9.17, 15) is 0 Å². The van der Waals surface area contributed by atoms with Gasteiger partial charge in [0.2, 0.25) is 0 Å². The zero-order chi connectivity index (χ0) is 5.82. The Bertz CT molecular complexity index is 200. The van der Waals surface area contributed by atoms with Crippen LogP contribution in [0.25, 0.3) is 0 Å². The molecule has 1 aromatic rings. The molecule has 0 aliphatic heterocycles.